The minimum Gasteiger partial charge on any atom is -0.362 e. The third-order valence-electron chi connectivity index (χ3n) is 3.85. The fourth-order valence-electron chi connectivity index (χ4n) is 2.80. The van der Waals surface area contributed by atoms with Crippen LogP contribution in [0.25, 0.3) is 0 Å². The van der Waals surface area contributed by atoms with Gasteiger partial charge in [-0.3, -0.25) is 0 Å². The molecule has 0 spiro atoms. The Balaban J connectivity index is 1.93. The molecule has 2 atom stereocenters. The van der Waals surface area contributed by atoms with E-state index in [1.54, 1.807) is 0 Å². The van der Waals surface area contributed by atoms with E-state index in [9.17, 15) is 0 Å². The molecule has 1 heterocycles. The van der Waals surface area contributed by atoms with Gasteiger partial charge in [0.25, 0.3) is 0 Å². The van der Waals surface area contributed by atoms with Crippen LogP contribution in [0.1, 0.15) is 18.5 Å². The van der Waals surface area contributed by atoms with Crippen LogP contribution in [0.3, 0.4) is 0 Å². The predicted octanol–water partition coefficient (Wildman–Crippen LogP) is 3.83. The van der Waals surface area contributed by atoms with Crippen molar-refractivity contribution in [1.82, 2.24) is 5.32 Å². The van der Waals surface area contributed by atoms with Crippen LogP contribution in [-0.4, -0.2) is 19.1 Å². The molecule has 104 valence electrons. The van der Waals surface area contributed by atoms with E-state index in [0.717, 1.165) is 13.1 Å². The highest BCUT2D eigenvalue weighted by molar-refractivity contribution is 14.1. The Labute approximate surface area is 134 Å². The van der Waals surface area contributed by atoms with Gasteiger partial charge >= 0.3 is 0 Å². The number of rotatable bonds is 2. The number of anilines is 1. The van der Waals surface area contributed by atoms with Crippen LogP contribution in [-0.2, 0) is 0 Å². The summed E-state index contributed by atoms with van der Waals surface area (Å²) in [6, 6.07) is 20.5. The van der Waals surface area contributed by atoms with Crippen LogP contribution in [0.5, 0.6) is 0 Å². The monoisotopic (exact) mass is 378 g/mol. The van der Waals surface area contributed by atoms with Crippen molar-refractivity contribution in [3.63, 3.8) is 0 Å². The van der Waals surface area contributed by atoms with Crippen molar-refractivity contribution in [2.24, 2.45) is 0 Å². The molecule has 2 nitrogen and oxygen atoms in total. The lowest BCUT2D eigenvalue weighted by Crippen LogP contribution is -2.51. The summed E-state index contributed by atoms with van der Waals surface area (Å²) < 4.78 is 1.28. The zero-order chi connectivity index (χ0) is 13.9. The summed E-state index contributed by atoms with van der Waals surface area (Å²) in [6.07, 6.45) is 0. The van der Waals surface area contributed by atoms with Crippen LogP contribution in [0.4, 0.5) is 5.69 Å². The minimum atomic E-state index is 0.410. The SMILES string of the molecule is CC1CN(c2ccc(I)cc2)C(c2ccccc2)CN1. The molecule has 0 bridgehead atoms. The Morgan fingerprint density at radius 1 is 1.05 bits per heavy atom. The second-order valence-corrected chi connectivity index (χ2v) is 6.61. The van der Waals surface area contributed by atoms with E-state index in [4.69, 9.17) is 0 Å². The second kappa shape index (κ2) is 6.14. The van der Waals surface area contributed by atoms with E-state index in [0.29, 0.717) is 12.1 Å². The molecule has 0 aliphatic carbocycles. The minimum absolute atomic E-state index is 0.410. The third kappa shape index (κ3) is 2.99. The fraction of sp³-hybridized carbons (Fsp3) is 0.294. The van der Waals surface area contributed by atoms with Crippen LogP contribution in [0.15, 0.2) is 54.6 Å². The summed E-state index contributed by atoms with van der Waals surface area (Å²) in [5, 5.41) is 3.60. The first-order valence-corrected chi connectivity index (χ1v) is 8.12. The van der Waals surface area contributed by atoms with Crippen molar-refractivity contribution >= 4 is 28.3 Å². The van der Waals surface area contributed by atoms with E-state index >= 15 is 0 Å². The Morgan fingerprint density at radius 3 is 2.45 bits per heavy atom. The summed E-state index contributed by atoms with van der Waals surface area (Å²) in [5.74, 6) is 0. The highest BCUT2D eigenvalue weighted by atomic mass is 127. The number of piperazine rings is 1. The normalized spacial score (nSPS) is 22.8. The molecular weight excluding hydrogens is 359 g/mol. The maximum Gasteiger partial charge on any atom is 0.0667 e. The zero-order valence-corrected chi connectivity index (χ0v) is 13.7. The zero-order valence-electron chi connectivity index (χ0n) is 11.6. The molecule has 1 saturated heterocycles. The quantitative estimate of drug-likeness (QED) is 0.800. The summed E-state index contributed by atoms with van der Waals surface area (Å²) in [6.45, 7) is 4.29. The van der Waals surface area contributed by atoms with Gasteiger partial charge in [0, 0.05) is 28.4 Å². The number of hydrogen-bond donors (Lipinski definition) is 1. The first kappa shape index (κ1) is 13.9. The molecule has 1 fully saturated rings. The van der Waals surface area contributed by atoms with Gasteiger partial charge in [-0.25, -0.2) is 0 Å². The molecule has 1 aliphatic heterocycles. The van der Waals surface area contributed by atoms with E-state index in [2.05, 4.69) is 94.3 Å². The molecule has 2 unspecified atom stereocenters. The molecule has 0 aromatic heterocycles. The van der Waals surface area contributed by atoms with Crippen molar-refractivity contribution in [3.05, 3.63) is 63.7 Å². The van der Waals surface area contributed by atoms with Crippen molar-refractivity contribution in [1.29, 1.82) is 0 Å². The smallest absolute Gasteiger partial charge is 0.0667 e. The molecule has 20 heavy (non-hydrogen) atoms. The average Bonchev–Trinajstić information content (AvgIpc) is 2.49. The fourth-order valence-corrected chi connectivity index (χ4v) is 3.16. The van der Waals surface area contributed by atoms with E-state index < -0.39 is 0 Å². The lowest BCUT2D eigenvalue weighted by atomic mass is 10.0. The molecule has 0 amide bonds. The topological polar surface area (TPSA) is 15.3 Å². The first-order chi connectivity index (χ1) is 9.74. The highest BCUT2D eigenvalue weighted by Gasteiger charge is 2.27. The maximum atomic E-state index is 3.60. The molecular formula is C17H19IN2. The average molecular weight is 378 g/mol. The lowest BCUT2D eigenvalue weighted by Gasteiger charge is -2.41. The van der Waals surface area contributed by atoms with E-state index in [-0.39, 0.29) is 0 Å². The molecule has 2 aromatic carbocycles. The number of halogens is 1. The molecule has 0 radical (unpaired) electrons. The largest absolute Gasteiger partial charge is 0.362 e. The van der Waals surface area contributed by atoms with Crippen LogP contribution in [0, 0.1) is 3.57 Å². The number of nitrogens with one attached hydrogen (secondary N) is 1. The Bertz CT molecular complexity index is 553. The molecule has 0 saturated carbocycles. The summed E-state index contributed by atoms with van der Waals surface area (Å²) >= 11 is 2.36. The van der Waals surface area contributed by atoms with Crippen LogP contribution in [0.2, 0.25) is 0 Å². The maximum absolute atomic E-state index is 3.60. The van der Waals surface area contributed by atoms with E-state index in [1.165, 1.54) is 14.8 Å². The van der Waals surface area contributed by atoms with Crippen LogP contribution < -0.4 is 10.2 Å². The van der Waals surface area contributed by atoms with E-state index in [1.807, 2.05) is 0 Å². The van der Waals surface area contributed by atoms with Crippen molar-refractivity contribution in [2.45, 2.75) is 19.0 Å². The molecule has 2 aromatic rings. The van der Waals surface area contributed by atoms with Crippen molar-refractivity contribution in [3.8, 4) is 0 Å². The Hall–Kier alpha value is -1.07. The summed E-state index contributed by atoms with van der Waals surface area (Å²) in [7, 11) is 0. The second-order valence-electron chi connectivity index (χ2n) is 5.36. The van der Waals surface area contributed by atoms with Crippen LogP contribution >= 0.6 is 22.6 Å². The van der Waals surface area contributed by atoms with Gasteiger partial charge in [-0.05, 0) is 59.3 Å². The molecule has 1 N–H and O–H groups in total. The van der Waals surface area contributed by atoms with Gasteiger partial charge in [0.2, 0.25) is 0 Å². The van der Waals surface area contributed by atoms with Crippen molar-refractivity contribution < 1.29 is 0 Å². The molecule has 3 rings (SSSR count). The van der Waals surface area contributed by atoms with Gasteiger partial charge in [-0.15, -0.1) is 0 Å². The lowest BCUT2D eigenvalue weighted by molar-refractivity contribution is 0.416. The summed E-state index contributed by atoms with van der Waals surface area (Å²) in [4.78, 5) is 2.52. The first-order valence-electron chi connectivity index (χ1n) is 7.04. The standard InChI is InChI=1S/C17H19IN2/c1-13-12-20(16-9-7-15(18)8-10-16)17(11-19-13)14-5-3-2-4-6-14/h2-10,13,17,19H,11-12H2,1H3. The van der Waals surface area contributed by atoms with Gasteiger partial charge in [0.1, 0.15) is 0 Å². The number of benzene rings is 2. The van der Waals surface area contributed by atoms with Gasteiger partial charge in [-0.1, -0.05) is 30.3 Å². The number of nitrogens with zero attached hydrogens (tertiary/aromatic N) is 1. The molecule has 1 aliphatic rings. The van der Waals surface area contributed by atoms with Gasteiger partial charge in [-0.2, -0.15) is 0 Å². The van der Waals surface area contributed by atoms with Crippen molar-refractivity contribution in [2.75, 3.05) is 18.0 Å². The predicted molar refractivity (Wildman–Crippen MR) is 93.2 cm³/mol. The van der Waals surface area contributed by atoms with Gasteiger partial charge < -0.3 is 10.2 Å². The Kier molecular flexibility index (Phi) is 4.27. The highest BCUT2D eigenvalue weighted by Crippen LogP contribution is 2.29. The third-order valence-corrected chi connectivity index (χ3v) is 4.57. The Morgan fingerprint density at radius 2 is 1.75 bits per heavy atom. The van der Waals surface area contributed by atoms with Gasteiger partial charge in [0.15, 0.2) is 0 Å². The van der Waals surface area contributed by atoms with Gasteiger partial charge in [0.05, 0.1) is 6.04 Å². The molecule has 3 heteroatoms. The number of hydrogen-bond acceptors (Lipinski definition) is 2. The summed E-state index contributed by atoms with van der Waals surface area (Å²) in [5.41, 5.74) is 2.69.